The first-order valence-electron chi connectivity index (χ1n) is 6.17. The maximum Gasteiger partial charge on any atom is 0.0465 e. The minimum atomic E-state index is 0.525. The molecular weight excluding hydrogens is 242 g/mol. The van der Waals surface area contributed by atoms with Crippen LogP contribution in [-0.2, 0) is 0 Å². The highest BCUT2D eigenvalue weighted by atomic mass is 35.5. The Balaban J connectivity index is 1.77. The van der Waals surface area contributed by atoms with Crippen molar-refractivity contribution in [2.75, 3.05) is 6.54 Å². The molecule has 2 heteroatoms. The lowest BCUT2D eigenvalue weighted by atomic mass is 9.94. The predicted octanol–water partition coefficient (Wildman–Crippen LogP) is 4.32. The molecule has 1 unspecified atom stereocenters. The first-order valence-corrected chi connectivity index (χ1v) is 6.55. The Kier molecular flexibility index (Phi) is 3.16. The van der Waals surface area contributed by atoms with Crippen LogP contribution in [0, 0.1) is 0 Å². The van der Waals surface area contributed by atoms with Crippen LogP contribution in [0.1, 0.15) is 23.5 Å². The van der Waals surface area contributed by atoms with E-state index in [0.717, 1.165) is 18.0 Å². The Bertz CT molecular complexity index is 557. The van der Waals surface area contributed by atoms with E-state index in [-0.39, 0.29) is 0 Å². The molecule has 0 saturated carbocycles. The Morgan fingerprint density at radius 1 is 0.944 bits per heavy atom. The van der Waals surface area contributed by atoms with E-state index < -0.39 is 0 Å². The van der Waals surface area contributed by atoms with Crippen molar-refractivity contribution < 1.29 is 0 Å². The largest absolute Gasteiger partial charge is 0.288 e. The zero-order valence-electron chi connectivity index (χ0n) is 10.0. The van der Waals surface area contributed by atoms with Crippen molar-refractivity contribution in [3.8, 4) is 0 Å². The molecule has 0 aromatic heterocycles. The normalized spacial score (nSPS) is 18.7. The van der Waals surface area contributed by atoms with Crippen molar-refractivity contribution in [2.45, 2.75) is 12.3 Å². The number of benzene rings is 2. The summed E-state index contributed by atoms with van der Waals surface area (Å²) in [7, 11) is 0. The molecule has 1 heterocycles. The summed E-state index contributed by atoms with van der Waals surface area (Å²) in [5.74, 6) is 0.525. The lowest BCUT2D eigenvalue weighted by Gasteiger charge is -2.08. The third-order valence-electron chi connectivity index (χ3n) is 3.39. The number of nitrogens with zero attached hydrogens (tertiary/aromatic N) is 1. The van der Waals surface area contributed by atoms with Crippen LogP contribution in [0.15, 0.2) is 59.6 Å². The van der Waals surface area contributed by atoms with E-state index in [2.05, 4.69) is 47.5 Å². The second kappa shape index (κ2) is 4.95. The molecule has 0 aliphatic carbocycles. The van der Waals surface area contributed by atoms with Crippen molar-refractivity contribution in [3.05, 3.63) is 70.7 Å². The van der Waals surface area contributed by atoms with Gasteiger partial charge in [-0.3, -0.25) is 4.99 Å². The molecule has 3 rings (SSSR count). The second-order valence-corrected chi connectivity index (χ2v) is 5.04. The van der Waals surface area contributed by atoms with Crippen molar-refractivity contribution in [3.63, 3.8) is 0 Å². The van der Waals surface area contributed by atoms with Gasteiger partial charge in [0.25, 0.3) is 0 Å². The van der Waals surface area contributed by atoms with Gasteiger partial charge in [-0.15, -0.1) is 0 Å². The molecule has 0 fully saturated rings. The van der Waals surface area contributed by atoms with E-state index in [4.69, 9.17) is 11.6 Å². The molecular formula is C16H14ClN. The van der Waals surface area contributed by atoms with Crippen LogP contribution >= 0.6 is 11.6 Å². The molecule has 90 valence electrons. The standard InChI is InChI=1S/C16H14ClN/c17-15-8-6-13(7-9-15)16-10-14(11-18-16)12-4-2-1-3-5-12/h1-9,14H,10-11H2. The maximum absolute atomic E-state index is 5.90. The van der Waals surface area contributed by atoms with Gasteiger partial charge < -0.3 is 0 Å². The highest BCUT2D eigenvalue weighted by Crippen LogP contribution is 2.28. The molecule has 1 nitrogen and oxygen atoms in total. The van der Waals surface area contributed by atoms with Gasteiger partial charge in [0.2, 0.25) is 0 Å². The molecule has 0 bridgehead atoms. The fourth-order valence-corrected chi connectivity index (χ4v) is 2.51. The van der Waals surface area contributed by atoms with Gasteiger partial charge in [-0.2, -0.15) is 0 Å². The quantitative estimate of drug-likeness (QED) is 0.758. The Morgan fingerprint density at radius 3 is 2.39 bits per heavy atom. The lowest BCUT2D eigenvalue weighted by molar-refractivity contribution is 0.779. The Labute approximate surface area is 112 Å². The zero-order valence-corrected chi connectivity index (χ0v) is 10.8. The van der Waals surface area contributed by atoms with Gasteiger partial charge in [0.15, 0.2) is 0 Å². The van der Waals surface area contributed by atoms with Crippen molar-refractivity contribution in [2.24, 2.45) is 4.99 Å². The van der Waals surface area contributed by atoms with Crippen LogP contribution in [0.5, 0.6) is 0 Å². The van der Waals surface area contributed by atoms with Crippen LogP contribution in [0.2, 0.25) is 5.02 Å². The van der Waals surface area contributed by atoms with E-state index in [1.54, 1.807) is 0 Å². The van der Waals surface area contributed by atoms with E-state index >= 15 is 0 Å². The van der Waals surface area contributed by atoms with Gasteiger partial charge in [-0.05, 0) is 29.7 Å². The van der Waals surface area contributed by atoms with E-state index in [1.165, 1.54) is 16.8 Å². The highest BCUT2D eigenvalue weighted by molar-refractivity contribution is 6.30. The van der Waals surface area contributed by atoms with Gasteiger partial charge in [0, 0.05) is 23.2 Å². The number of aliphatic imine (C=N–C) groups is 1. The molecule has 0 spiro atoms. The summed E-state index contributed by atoms with van der Waals surface area (Å²) in [4.78, 5) is 4.67. The summed E-state index contributed by atoms with van der Waals surface area (Å²) in [5, 5.41) is 0.775. The minimum Gasteiger partial charge on any atom is -0.288 e. The summed E-state index contributed by atoms with van der Waals surface area (Å²) >= 11 is 5.90. The number of rotatable bonds is 2. The Morgan fingerprint density at radius 2 is 1.67 bits per heavy atom. The highest BCUT2D eigenvalue weighted by Gasteiger charge is 2.20. The maximum atomic E-state index is 5.90. The summed E-state index contributed by atoms with van der Waals surface area (Å²) in [5.41, 5.74) is 3.77. The molecule has 18 heavy (non-hydrogen) atoms. The fourth-order valence-electron chi connectivity index (χ4n) is 2.38. The molecule has 1 aliphatic heterocycles. The minimum absolute atomic E-state index is 0.525. The van der Waals surface area contributed by atoms with Crippen LogP contribution in [0.3, 0.4) is 0 Å². The van der Waals surface area contributed by atoms with E-state index in [9.17, 15) is 0 Å². The topological polar surface area (TPSA) is 12.4 Å². The van der Waals surface area contributed by atoms with Gasteiger partial charge >= 0.3 is 0 Å². The molecule has 2 aromatic rings. The molecule has 0 N–H and O–H groups in total. The van der Waals surface area contributed by atoms with Crippen LogP contribution in [0.4, 0.5) is 0 Å². The third kappa shape index (κ3) is 2.32. The fraction of sp³-hybridized carbons (Fsp3) is 0.188. The number of hydrogen-bond acceptors (Lipinski definition) is 1. The molecule has 2 aromatic carbocycles. The van der Waals surface area contributed by atoms with Crippen LogP contribution in [0.25, 0.3) is 0 Å². The van der Waals surface area contributed by atoms with E-state index in [1.807, 2.05) is 12.1 Å². The molecule has 1 atom stereocenters. The second-order valence-electron chi connectivity index (χ2n) is 4.61. The first-order chi connectivity index (χ1) is 8.83. The van der Waals surface area contributed by atoms with Crippen molar-refractivity contribution in [1.82, 2.24) is 0 Å². The molecule has 0 saturated heterocycles. The van der Waals surface area contributed by atoms with Gasteiger partial charge in [0.05, 0.1) is 0 Å². The van der Waals surface area contributed by atoms with Gasteiger partial charge in [-0.1, -0.05) is 54.1 Å². The molecule has 0 radical (unpaired) electrons. The smallest absolute Gasteiger partial charge is 0.0465 e. The summed E-state index contributed by atoms with van der Waals surface area (Å²) in [6, 6.07) is 18.6. The average Bonchev–Trinajstić information content (AvgIpc) is 2.90. The zero-order chi connectivity index (χ0) is 12.4. The van der Waals surface area contributed by atoms with Crippen molar-refractivity contribution in [1.29, 1.82) is 0 Å². The molecule has 0 amide bonds. The predicted molar refractivity (Wildman–Crippen MR) is 76.7 cm³/mol. The van der Waals surface area contributed by atoms with Gasteiger partial charge in [0.1, 0.15) is 0 Å². The van der Waals surface area contributed by atoms with Crippen molar-refractivity contribution >= 4 is 17.3 Å². The molecule has 1 aliphatic rings. The van der Waals surface area contributed by atoms with Crippen LogP contribution < -0.4 is 0 Å². The summed E-state index contributed by atoms with van der Waals surface area (Å²) in [6.07, 6.45) is 1.02. The number of hydrogen-bond donors (Lipinski definition) is 0. The first kappa shape index (κ1) is 11.5. The monoisotopic (exact) mass is 255 g/mol. The SMILES string of the molecule is Clc1ccc(C2=NCC(c3ccccc3)C2)cc1. The summed E-state index contributed by atoms with van der Waals surface area (Å²) in [6.45, 7) is 0.891. The van der Waals surface area contributed by atoms with Crippen LogP contribution in [-0.4, -0.2) is 12.3 Å². The third-order valence-corrected chi connectivity index (χ3v) is 3.64. The summed E-state index contributed by atoms with van der Waals surface area (Å²) < 4.78 is 0. The Hall–Kier alpha value is -1.60. The van der Waals surface area contributed by atoms with E-state index in [0.29, 0.717) is 5.92 Å². The van der Waals surface area contributed by atoms with Gasteiger partial charge in [-0.25, -0.2) is 0 Å². The number of halogens is 1. The average molecular weight is 256 g/mol. The lowest BCUT2D eigenvalue weighted by Crippen LogP contribution is -2.01.